The minimum absolute atomic E-state index is 0.814. The number of halogens is 1. The molecule has 0 saturated heterocycles. The molecule has 0 bridgehead atoms. The first-order chi connectivity index (χ1) is 9.72. The van der Waals surface area contributed by atoms with E-state index in [0.29, 0.717) is 0 Å². The van der Waals surface area contributed by atoms with Gasteiger partial charge in [0.05, 0.1) is 18.7 Å². The Labute approximate surface area is 128 Å². The summed E-state index contributed by atoms with van der Waals surface area (Å²) in [6.07, 6.45) is 0. The molecule has 0 fully saturated rings. The lowest BCUT2D eigenvalue weighted by Crippen LogP contribution is -2.12. The van der Waals surface area contributed by atoms with Gasteiger partial charge in [0.15, 0.2) is 0 Å². The molecule has 0 radical (unpaired) electrons. The Morgan fingerprint density at radius 1 is 0.900 bits per heavy atom. The number of hydrogen-bond donors (Lipinski definition) is 1. The van der Waals surface area contributed by atoms with Crippen LogP contribution in [0.15, 0.2) is 46.9 Å². The van der Waals surface area contributed by atoms with Gasteiger partial charge in [0, 0.05) is 13.1 Å². The van der Waals surface area contributed by atoms with Gasteiger partial charge in [0.2, 0.25) is 0 Å². The van der Waals surface area contributed by atoms with Crippen LogP contribution in [0, 0.1) is 0 Å². The molecule has 2 aromatic rings. The molecule has 0 aromatic heterocycles. The maximum atomic E-state index is 5.22. The monoisotopic (exact) mass is 335 g/mol. The summed E-state index contributed by atoms with van der Waals surface area (Å²) < 4.78 is 11.3. The molecule has 1 N–H and O–H groups in total. The summed E-state index contributed by atoms with van der Waals surface area (Å²) in [5, 5.41) is 3.42. The van der Waals surface area contributed by atoms with E-state index < -0.39 is 0 Å². The van der Waals surface area contributed by atoms with Crippen molar-refractivity contribution >= 4 is 15.9 Å². The molecular formula is C16H18BrNO2. The zero-order valence-corrected chi connectivity index (χ0v) is 13.2. The summed E-state index contributed by atoms with van der Waals surface area (Å²) in [5.41, 5.74) is 2.45. The number of benzene rings is 2. The maximum absolute atomic E-state index is 5.22. The highest BCUT2D eigenvalue weighted by Crippen LogP contribution is 2.25. The van der Waals surface area contributed by atoms with E-state index in [1.807, 2.05) is 18.2 Å². The van der Waals surface area contributed by atoms with E-state index in [-0.39, 0.29) is 0 Å². The first-order valence-corrected chi connectivity index (χ1v) is 7.18. The molecule has 0 saturated carbocycles. The van der Waals surface area contributed by atoms with Crippen LogP contribution in [0.5, 0.6) is 11.5 Å². The lowest BCUT2D eigenvalue weighted by atomic mass is 10.2. The van der Waals surface area contributed by atoms with E-state index in [2.05, 4.69) is 45.5 Å². The number of nitrogens with one attached hydrogen (secondary N) is 1. The van der Waals surface area contributed by atoms with Crippen molar-refractivity contribution in [3.05, 3.63) is 58.1 Å². The van der Waals surface area contributed by atoms with Gasteiger partial charge in [-0.3, -0.25) is 0 Å². The van der Waals surface area contributed by atoms with Crippen molar-refractivity contribution in [3.8, 4) is 11.5 Å². The maximum Gasteiger partial charge on any atom is 0.133 e. The molecule has 0 atom stereocenters. The number of methoxy groups -OCH3 is 2. The summed E-state index contributed by atoms with van der Waals surface area (Å²) in [7, 11) is 3.34. The molecule has 0 aliphatic carbocycles. The quantitative estimate of drug-likeness (QED) is 0.871. The van der Waals surface area contributed by atoms with Gasteiger partial charge in [-0.1, -0.05) is 18.2 Å². The highest BCUT2D eigenvalue weighted by atomic mass is 79.9. The minimum atomic E-state index is 0.814. The summed E-state index contributed by atoms with van der Waals surface area (Å²) >= 11 is 3.49. The second-order valence-electron chi connectivity index (χ2n) is 4.42. The van der Waals surface area contributed by atoms with Gasteiger partial charge in [-0.05, 0) is 51.3 Å². The smallest absolute Gasteiger partial charge is 0.133 e. The van der Waals surface area contributed by atoms with Crippen LogP contribution in [0.3, 0.4) is 0 Å². The molecule has 0 amide bonds. The molecule has 106 valence electrons. The molecule has 0 heterocycles. The molecule has 4 heteroatoms. The summed E-state index contributed by atoms with van der Waals surface area (Å²) in [6, 6.07) is 14.2. The fraction of sp³-hybridized carbons (Fsp3) is 0.250. The molecule has 0 spiro atoms. The van der Waals surface area contributed by atoms with Crippen molar-refractivity contribution < 1.29 is 9.47 Å². The van der Waals surface area contributed by atoms with Gasteiger partial charge in [-0.2, -0.15) is 0 Å². The molecule has 0 unspecified atom stereocenters. The zero-order valence-electron chi connectivity index (χ0n) is 11.7. The van der Waals surface area contributed by atoms with Crippen LogP contribution in [0.1, 0.15) is 11.1 Å². The van der Waals surface area contributed by atoms with E-state index in [1.54, 1.807) is 14.2 Å². The lowest BCUT2D eigenvalue weighted by molar-refractivity contribution is 0.412. The molecule has 2 rings (SSSR count). The van der Waals surface area contributed by atoms with Gasteiger partial charge in [0.1, 0.15) is 11.5 Å². The molecular weight excluding hydrogens is 318 g/mol. The standard InChI is InChI=1S/C16H18BrNO2/c1-19-14-6-3-12(4-7-14)10-18-11-13-5-8-16(20-2)15(17)9-13/h3-9,18H,10-11H2,1-2H3. The van der Waals surface area contributed by atoms with E-state index >= 15 is 0 Å². The largest absolute Gasteiger partial charge is 0.497 e. The minimum Gasteiger partial charge on any atom is -0.497 e. The van der Waals surface area contributed by atoms with Crippen molar-refractivity contribution in [2.75, 3.05) is 14.2 Å². The Kier molecular flexibility index (Phi) is 5.44. The first kappa shape index (κ1) is 14.9. The third-order valence-electron chi connectivity index (χ3n) is 3.03. The summed E-state index contributed by atoms with van der Waals surface area (Å²) in [4.78, 5) is 0. The van der Waals surface area contributed by atoms with Crippen molar-refractivity contribution in [1.29, 1.82) is 0 Å². The van der Waals surface area contributed by atoms with E-state index in [4.69, 9.17) is 9.47 Å². The van der Waals surface area contributed by atoms with Crippen molar-refractivity contribution in [2.24, 2.45) is 0 Å². The first-order valence-electron chi connectivity index (χ1n) is 6.39. The normalized spacial score (nSPS) is 10.3. The second kappa shape index (κ2) is 7.31. The molecule has 0 aliphatic rings. The predicted octanol–water partition coefficient (Wildman–Crippen LogP) is 3.76. The van der Waals surface area contributed by atoms with E-state index in [9.17, 15) is 0 Å². The Morgan fingerprint density at radius 3 is 2.15 bits per heavy atom. The number of rotatable bonds is 6. The van der Waals surface area contributed by atoms with Gasteiger partial charge in [0.25, 0.3) is 0 Å². The SMILES string of the molecule is COc1ccc(CNCc2ccc(OC)c(Br)c2)cc1. The van der Waals surface area contributed by atoms with Crippen LogP contribution in [0.4, 0.5) is 0 Å². The Morgan fingerprint density at radius 2 is 1.55 bits per heavy atom. The van der Waals surface area contributed by atoms with Crippen LogP contribution in [0.25, 0.3) is 0 Å². The zero-order chi connectivity index (χ0) is 14.4. The second-order valence-corrected chi connectivity index (χ2v) is 5.27. The van der Waals surface area contributed by atoms with E-state index in [0.717, 1.165) is 29.1 Å². The molecule has 2 aromatic carbocycles. The van der Waals surface area contributed by atoms with E-state index in [1.165, 1.54) is 11.1 Å². The molecule has 20 heavy (non-hydrogen) atoms. The Balaban J connectivity index is 1.87. The molecule has 3 nitrogen and oxygen atoms in total. The van der Waals surface area contributed by atoms with Gasteiger partial charge in [-0.15, -0.1) is 0 Å². The third-order valence-corrected chi connectivity index (χ3v) is 3.65. The number of ether oxygens (including phenoxy) is 2. The fourth-order valence-corrected chi connectivity index (χ4v) is 2.50. The summed E-state index contributed by atoms with van der Waals surface area (Å²) in [6.45, 7) is 1.64. The number of hydrogen-bond acceptors (Lipinski definition) is 3. The third kappa shape index (κ3) is 3.99. The van der Waals surface area contributed by atoms with Crippen LogP contribution < -0.4 is 14.8 Å². The predicted molar refractivity (Wildman–Crippen MR) is 84.2 cm³/mol. The van der Waals surface area contributed by atoms with Gasteiger partial charge in [-0.25, -0.2) is 0 Å². The van der Waals surface area contributed by atoms with Crippen molar-refractivity contribution in [1.82, 2.24) is 5.32 Å². The van der Waals surface area contributed by atoms with Crippen LogP contribution >= 0.6 is 15.9 Å². The van der Waals surface area contributed by atoms with Crippen LogP contribution in [-0.2, 0) is 13.1 Å². The van der Waals surface area contributed by atoms with Crippen LogP contribution in [-0.4, -0.2) is 14.2 Å². The fourth-order valence-electron chi connectivity index (χ4n) is 1.91. The summed E-state index contributed by atoms with van der Waals surface area (Å²) in [5.74, 6) is 1.73. The lowest BCUT2D eigenvalue weighted by Gasteiger charge is -2.08. The van der Waals surface area contributed by atoms with Crippen molar-refractivity contribution in [3.63, 3.8) is 0 Å². The average molecular weight is 336 g/mol. The highest BCUT2D eigenvalue weighted by molar-refractivity contribution is 9.10. The van der Waals surface area contributed by atoms with Gasteiger partial charge >= 0.3 is 0 Å². The topological polar surface area (TPSA) is 30.5 Å². The Bertz CT molecular complexity index is 555. The average Bonchev–Trinajstić information content (AvgIpc) is 2.48. The van der Waals surface area contributed by atoms with Crippen LogP contribution in [0.2, 0.25) is 0 Å². The van der Waals surface area contributed by atoms with Crippen molar-refractivity contribution in [2.45, 2.75) is 13.1 Å². The highest BCUT2D eigenvalue weighted by Gasteiger charge is 2.01. The Hall–Kier alpha value is -1.52. The van der Waals surface area contributed by atoms with Gasteiger partial charge < -0.3 is 14.8 Å². The molecule has 0 aliphatic heterocycles.